The zero-order chi connectivity index (χ0) is 11.4. The predicted octanol–water partition coefficient (Wildman–Crippen LogP) is 3.43. The van der Waals surface area contributed by atoms with Crippen LogP contribution in [-0.4, -0.2) is 11.2 Å². The average molecular weight is 231 g/mol. The maximum absolute atomic E-state index is 13.4. The zero-order valence-corrected chi connectivity index (χ0v) is 9.76. The van der Waals surface area contributed by atoms with E-state index >= 15 is 0 Å². The molecule has 1 N–H and O–H groups in total. The van der Waals surface area contributed by atoms with Crippen LogP contribution in [0.5, 0.6) is 0 Å². The second-order valence-electron chi connectivity index (χ2n) is 4.19. The molecule has 1 atom stereocenters. The highest BCUT2D eigenvalue weighted by Gasteiger charge is 2.13. The lowest BCUT2D eigenvalue weighted by Crippen LogP contribution is -2.14. The van der Waals surface area contributed by atoms with Crippen molar-refractivity contribution in [2.24, 2.45) is 5.92 Å². The van der Waals surface area contributed by atoms with E-state index in [2.05, 4.69) is 0 Å². The fraction of sp³-hybridized carbons (Fsp3) is 0.500. The SMILES string of the molecule is CC(C)CC(O)Cc1c(F)cccc1Cl. The zero-order valence-electron chi connectivity index (χ0n) is 9.00. The van der Waals surface area contributed by atoms with Gasteiger partial charge in [0.1, 0.15) is 5.82 Å². The first-order valence-corrected chi connectivity index (χ1v) is 5.49. The Kier molecular flexibility index (Phi) is 4.55. The minimum atomic E-state index is -0.528. The van der Waals surface area contributed by atoms with E-state index in [4.69, 9.17) is 11.6 Å². The largest absolute Gasteiger partial charge is 0.393 e. The van der Waals surface area contributed by atoms with Crippen LogP contribution in [0.1, 0.15) is 25.8 Å². The molecule has 0 amide bonds. The van der Waals surface area contributed by atoms with E-state index in [1.807, 2.05) is 13.8 Å². The molecule has 1 rings (SSSR count). The van der Waals surface area contributed by atoms with Crippen LogP contribution >= 0.6 is 11.6 Å². The van der Waals surface area contributed by atoms with Crippen LogP contribution in [0.2, 0.25) is 5.02 Å². The lowest BCUT2D eigenvalue weighted by atomic mass is 9.99. The maximum Gasteiger partial charge on any atom is 0.127 e. The van der Waals surface area contributed by atoms with Crippen molar-refractivity contribution in [2.75, 3.05) is 0 Å². The van der Waals surface area contributed by atoms with Crippen LogP contribution in [0.15, 0.2) is 18.2 Å². The number of aliphatic hydroxyl groups excluding tert-OH is 1. The summed E-state index contributed by atoms with van der Waals surface area (Å²) in [6.07, 6.45) is 0.411. The molecule has 1 aromatic carbocycles. The Balaban J connectivity index is 2.71. The molecule has 15 heavy (non-hydrogen) atoms. The molecule has 1 nitrogen and oxygen atoms in total. The molecule has 0 aliphatic carbocycles. The van der Waals surface area contributed by atoms with Gasteiger partial charge in [0.05, 0.1) is 6.10 Å². The molecule has 0 aliphatic heterocycles. The molecule has 0 radical (unpaired) electrons. The third-order valence-electron chi connectivity index (χ3n) is 2.24. The summed E-state index contributed by atoms with van der Waals surface area (Å²) < 4.78 is 13.4. The van der Waals surface area contributed by atoms with E-state index in [0.717, 1.165) is 0 Å². The van der Waals surface area contributed by atoms with Gasteiger partial charge in [0, 0.05) is 17.0 Å². The fourth-order valence-electron chi connectivity index (χ4n) is 1.59. The number of hydrogen-bond donors (Lipinski definition) is 1. The maximum atomic E-state index is 13.4. The molecule has 3 heteroatoms. The molecule has 0 heterocycles. The predicted molar refractivity (Wildman–Crippen MR) is 60.6 cm³/mol. The quantitative estimate of drug-likeness (QED) is 0.840. The first kappa shape index (κ1) is 12.5. The highest BCUT2D eigenvalue weighted by molar-refractivity contribution is 6.31. The van der Waals surface area contributed by atoms with Crippen molar-refractivity contribution in [2.45, 2.75) is 32.8 Å². The summed E-state index contributed by atoms with van der Waals surface area (Å²) in [7, 11) is 0. The third kappa shape index (κ3) is 3.80. The highest BCUT2D eigenvalue weighted by Crippen LogP contribution is 2.22. The number of aliphatic hydroxyl groups is 1. The molecule has 1 unspecified atom stereocenters. The summed E-state index contributed by atoms with van der Waals surface area (Å²) in [5.74, 6) is 0.0517. The van der Waals surface area contributed by atoms with Gasteiger partial charge in [-0.1, -0.05) is 31.5 Å². The number of hydrogen-bond acceptors (Lipinski definition) is 1. The van der Waals surface area contributed by atoms with E-state index < -0.39 is 6.10 Å². The van der Waals surface area contributed by atoms with Crippen LogP contribution in [-0.2, 0) is 6.42 Å². The van der Waals surface area contributed by atoms with E-state index in [1.165, 1.54) is 6.07 Å². The Bertz CT molecular complexity index is 305. The Morgan fingerprint density at radius 2 is 2.07 bits per heavy atom. The molecule has 0 aliphatic rings. The van der Waals surface area contributed by atoms with Crippen LogP contribution in [0, 0.1) is 11.7 Å². The van der Waals surface area contributed by atoms with E-state index in [0.29, 0.717) is 22.9 Å². The van der Waals surface area contributed by atoms with Crippen molar-refractivity contribution in [3.63, 3.8) is 0 Å². The molecule has 0 fully saturated rings. The molecule has 0 saturated carbocycles. The molecule has 0 aromatic heterocycles. The second-order valence-corrected chi connectivity index (χ2v) is 4.59. The smallest absolute Gasteiger partial charge is 0.127 e. The summed E-state index contributed by atoms with van der Waals surface area (Å²) in [5.41, 5.74) is 0.410. The summed E-state index contributed by atoms with van der Waals surface area (Å²) >= 11 is 5.86. The van der Waals surface area contributed by atoms with Crippen molar-refractivity contribution >= 4 is 11.6 Å². The van der Waals surface area contributed by atoms with Gasteiger partial charge in [-0.3, -0.25) is 0 Å². The molecule has 0 saturated heterocycles. The van der Waals surface area contributed by atoms with Gasteiger partial charge < -0.3 is 5.11 Å². The van der Waals surface area contributed by atoms with Gasteiger partial charge in [-0.2, -0.15) is 0 Å². The minimum absolute atomic E-state index is 0.281. The summed E-state index contributed by atoms with van der Waals surface area (Å²) in [5, 5.41) is 10.1. The van der Waals surface area contributed by atoms with Gasteiger partial charge in [-0.25, -0.2) is 4.39 Å². The second kappa shape index (κ2) is 5.47. The van der Waals surface area contributed by atoms with Crippen LogP contribution < -0.4 is 0 Å². The molecular formula is C12H16ClFO. The van der Waals surface area contributed by atoms with Crippen molar-refractivity contribution in [3.8, 4) is 0 Å². The van der Waals surface area contributed by atoms with Gasteiger partial charge in [0.25, 0.3) is 0 Å². The Morgan fingerprint density at radius 3 is 2.60 bits per heavy atom. The lowest BCUT2D eigenvalue weighted by Gasteiger charge is -2.14. The fourth-order valence-corrected chi connectivity index (χ4v) is 1.83. The van der Waals surface area contributed by atoms with Crippen molar-refractivity contribution in [1.82, 2.24) is 0 Å². The average Bonchev–Trinajstić information content (AvgIpc) is 2.10. The number of rotatable bonds is 4. The van der Waals surface area contributed by atoms with E-state index in [1.54, 1.807) is 12.1 Å². The molecule has 1 aromatic rings. The topological polar surface area (TPSA) is 20.2 Å². The third-order valence-corrected chi connectivity index (χ3v) is 2.60. The summed E-state index contributed by atoms with van der Waals surface area (Å²) in [6.45, 7) is 4.04. The van der Waals surface area contributed by atoms with Crippen molar-refractivity contribution in [3.05, 3.63) is 34.6 Å². The Hall–Kier alpha value is -0.600. The molecule has 0 bridgehead atoms. The number of halogens is 2. The number of benzene rings is 1. The van der Waals surface area contributed by atoms with Crippen molar-refractivity contribution in [1.29, 1.82) is 0 Å². The normalized spacial score (nSPS) is 13.2. The first-order chi connectivity index (χ1) is 7.00. The van der Waals surface area contributed by atoms with Crippen LogP contribution in [0.4, 0.5) is 4.39 Å². The molecular weight excluding hydrogens is 215 g/mol. The Labute approximate surface area is 94.9 Å². The van der Waals surface area contributed by atoms with Gasteiger partial charge in [0.2, 0.25) is 0 Å². The van der Waals surface area contributed by atoms with Gasteiger partial charge >= 0.3 is 0 Å². The minimum Gasteiger partial charge on any atom is -0.393 e. The summed E-state index contributed by atoms with van der Waals surface area (Å²) in [6, 6.07) is 4.57. The molecule has 84 valence electrons. The van der Waals surface area contributed by atoms with Crippen LogP contribution in [0.3, 0.4) is 0 Å². The first-order valence-electron chi connectivity index (χ1n) is 5.11. The van der Waals surface area contributed by atoms with Gasteiger partial charge in [-0.05, 0) is 24.5 Å². The van der Waals surface area contributed by atoms with Gasteiger partial charge in [0.15, 0.2) is 0 Å². The van der Waals surface area contributed by atoms with E-state index in [-0.39, 0.29) is 12.2 Å². The van der Waals surface area contributed by atoms with Crippen molar-refractivity contribution < 1.29 is 9.50 Å². The van der Waals surface area contributed by atoms with E-state index in [9.17, 15) is 9.50 Å². The Morgan fingerprint density at radius 1 is 1.40 bits per heavy atom. The summed E-state index contributed by atoms with van der Waals surface area (Å²) in [4.78, 5) is 0. The van der Waals surface area contributed by atoms with Crippen LogP contribution in [0.25, 0.3) is 0 Å². The molecule has 0 spiro atoms. The monoisotopic (exact) mass is 230 g/mol. The standard InChI is InChI=1S/C12H16ClFO/c1-8(2)6-9(15)7-10-11(13)4-3-5-12(10)14/h3-5,8-9,15H,6-7H2,1-2H3. The van der Waals surface area contributed by atoms with Gasteiger partial charge in [-0.15, -0.1) is 0 Å². The highest BCUT2D eigenvalue weighted by atomic mass is 35.5. The lowest BCUT2D eigenvalue weighted by molar-refractivity contribution is 0.148.